The monoisotopic (exact) mass is 230 g/mol. The van der Waals surface area contributed by atoms with Crippen LogP contribution in [-0.4, -0.2) is 29.6 Å². The van der Waals surface area contributed by atoms with Crippen LogP contribution in [0.15, 0.2) is 0 Å². The maximum Gasteiger partial charge on any atom is 0.326 e. The van der Waals surface area contributed by atoms with E-state index in [1.165, 1.54) is 0 Å². The third-order valence-electron chi connectivity index (χ3n) is 2.44. The molecule has 1 atom stereocenters. The summed E-state index contributed by atoms with van der Waals surface area (Å²) >= 11 is 0. The first kappa shape index (κ1) is 14.9. The largest absolute Gasteiger partial charge is 0.480 e. The van der Waals surface area contributed by atoms with Crippen molar-refractivity contribution in [2.75, 3.05) is 6.54 Å². The van der Waals surface area contributed by atoms with Gasteiger partial charge in [0.15, 0.2) is 0 Å². The molecular weight excluding hydrogens is 208 g/mol. The van der Waals surface area contributed by atoms with Crippen molar-refractivity contribution in [3.8, 4) is 0 Å². The Kier molecular flexibility index (Phi) is 5.44. The van der Waals surface area contributed by atoms with E-state index in [0.29, 0.717) is 6.42 Å². The van der Waals surface area contributed by atoms with Crippen molar-refractivity contribution in [1.82, 2.24) is 5.32 Å². The average molecular weight is 230 g/mol. The van der Waals surface area contributed by atoms with Crippen molar-refractivity contribution in [2.24, 2.45) is 17.1 Å². The van der Waals surface area contributed by atoms with Gasteiger partial charge in [-0.3, -0.25) is 4.79 Å². The second-order valence-electron chi connectivity index (χ2n) is 5.08. The first-order valence-corrected chi connectivity index (χ1v) is 5.44. The summed E-state index contributed by atoms with van der Waals surface area (Å²) in [6.07, 6.45) is 0.418. The van der Waals surface area contributed by atoms with Crippen molar-refractivity contribution in [3.05, 3.63) is 0 Å². The molecule has 0 saturated heterocycles. The van der Waals surface area contributed by atoms with Crippen molar-refractivity contribution in [3.63, 3.8) is 0 Å². The highest BCUT2D eigenvalue weighted by molar-refractivity contribution is 5.87. The topological polar surface area (TPSA) is 92.4 Å². The van der Waals surface area contributed by atoms with E-state index < -0.39 is 17.4 Å². The Labute approximate surface area is 96.4 Å². The fourth-order valence-electron chi connectivity index (χ4n) is 1.14. The van der Waals surface area contributed by atoms with Gasteiger partial charge in [0, 0.05) is 6.54 Å². The van der Waals surface area contributed by atoms with Crippen LogP contribution in [0.5, 0.6) is 0 Å². The second-order valence-corrected chi connectivity index (χ2v) is 5.08. The fourth-order valence-corrected chi connectivity index (χ4v) is 1.14. The first-order chi connectivity index (χ1) is 7.20. The molecular formula is C11H22N2O3. The molecule has 0 aromatic rings. The van der Waals surface area contributed by atoms with Crippen LogP contribution < -0.4 is 11.1 Å². The van der Waals surface area contributed by atoms with Crippen LogP contribution in [0, 0.1) is 11.3 Å². The zero-order chi connectivity index (χ0) is 12.9. The molecule has 94 valence electrons. The number of aliphatic carboxylic acids is 1. The quantitative estimate of drug-likeness (QED) is 0.622. The molecule has 0 aliphatic carbocycles. The number of amides is 1. The molecule has 0 fully saturated rings. The third-order valence-corrected chi connectivity index (χ3v) is 2.44. The predicted molar refractivity (Wildman–Crippen MR) is 61.9 cm³/mol. The van der Waals surface area contributed by atoms with E-state index in [4.69, 9.17) is 10.8 Å². The second kappa shape index (κ2) is 5.84. The number of hydrogen-bond donors (Lipinski definition) is 3. The number of rotatable bonds is 6. The molecule has 0 spiro atoms. The van der Waals surface area contributed by atoms with E-state index in [0.717, 1.165) is 0 Å². The highest BCUT2D eigenvalue weighted by atomic mass is 16.4. The minimum Gasteiger partial charge on any atom is -0.480 e. The molecule has 4 N–H and O–H groups in total. The lowest BCUT2D eigenvalue weighted by molar-refractivity contribution is -0.143. The van der Waals surface area contributed by atoms with Gasteiger partial charge in [0.1, 0.15) is 6.04 Å². The molecule has 0 rings (SSSR count). The Balaban J connectivity index is 4.52. The molecule has 0 aliphatic rings. The van der Waals surface area contributed by atoms with Crippen LogP contribution in [0.2, 0.25) is 0 Å². The number of hydrogen-bond acceptors (Lipinski definition) is 3. The van der Waals surface area contributed by atoms with E-state index in [-0.39, 0.29) is 18.4 Å². The lowest BCUT2D eigenvalue weighted by Crippen LogP contribution is -2.49. The Hall–Kier alpha value is -1.10. The molecule has 0 radical (unpaired) electrons. The summed E-state index contributed by atoms with van der Waals surface area (Å²) < 4.78 is 0. The van der Waals surface area contributed by atoms with Gasteiger partial charge < -0.3 is 16.2 Å². The molecule has 0 heterocycles. The zero-order valence-electron chi connectivity index (χ0n) is 10.4. The Morgan fingerprint density at radius 1 is 1.38 bits per heavy atom. The maximum absolute atomic E-state index is 11.7. The average Bonchev–Trinajstić information content (AvgIpc) is 2.15. The summed E-state index contributed by atoms with van der Waals surface area (Å²) in [5.74, 6) is -1.11. The number of carboxylic acids is 1. The highest BCUT2D eigenvalue weighted by Crippen LogP contribution is 2.14. The highest BCUT2D eigenvalue weighted by Gasteiger charge is 2.30. The molecule has 16 heavy (non-hydrogen) atoms. The summed E-state index contributed by atoms with van der Waals surface area (Å²) in [6, 6.07) is -0.835. The first-order valence-electron chi connectivity index (χ1n) is 5.44. The molecule has 0 bridgehead atoms. The minimum absolute atomic E-state index is 0.187. The number of carboxylic acid groups (broad SMARTS) is 1. The van der Waals surface area contributed by atoms with Gasteiger partial charge >= 0.3 is 5.97 Å². The number of nitrogens with two attached hydrogens (primary N) is 1. The van der Waals surface area contributed by atoms with Crippen LogP contribution in [0.3, 0.4) is 0 Å². The van der Waals surface area contributed by atoms with Gasteiger partial charge in [-0.1, -0.05) is 13.8 Å². The molecule has 1 amide bonds. The third kappa shape index (κ3) is 4.61. The number of carbonyl (C=O) groups is 2. The van der Waals surface area contributed by atoms with Gasteiger partial charge in [0.05, 0.1) is 5.41 Å². The van der Waals surface area contributed by atoms with E-state index in [1.807, 2.05) is 13.8 Å². The van der Waals surface area contributed by atoms with Crippen molar-refractivity contribution < 1.29 is 14.7 Å². The molecule has 0 aliphatic heterocycles. The van der Waals surface area contributed by atoms with Crippen molar-refractivity contribution in [2.45, 2.75) is 40.2 Å². The fraction of sp³-hybridized carbons (Fsp3) is 0.818. The van der Waals surface area contributed by atoms with Crippen LogP contribution in [0.1, 0.15) is 34.1 Å². The Morgan fingerprint density at radius 2 is 1.88 bits per heavy atom. The maximum atomic E-state index is 11.7. The Bertz CT molecular complexity index is 262. The lowest BCUT2D eigenvalue weighted by atomic mass is 9.91. The summed E-state index contributed by atoms with van der Waals surface area (Å²) in [4.78, 5) is 22.7. The smallest absolute Gasteiger partial charge is 0.326 e. The predicted octanol–water partition coefficient (Wildman–Crippen LogP) is 0.587. The van der Waals surface area contributed by atoms with Gasteiger partial charge in [-0.25, -0.2) is 4.79 Å². The number of nitrogens with one attached hydrogen (secondary N) is 1. The normalized spacial score (nSPS) is 13.6. The number of carbonyl (C=O) groups excluding carboxylic acids is 1. The summed E-state index contributed by atoms with van der Waals surface area (Å²) in [6.45, 7) is 7.40. The molecule has 0 aromatic carbocycles. The van der Waals surface area contributed by atoms with Crippen LogP contribution in [-0.2, 0) is 9.59 Å². The summed E-state index contributed by atoms with van der Waals surface area (Å²) in [5, 5.41) is 11.5. The standard InChI is InChI=1S/C11H22N2O3/c1-7(2)5-8(9(14)15)13-10(16)11(3,4)6-12/h7-8H,5-6,12H2,1-4H3,(H,13,16)(H,14,15)/t8-/m0/s1. The van der Waals surface area contributed by atoms with Crippen LogP contribution in [0.4, 0.5) is 0 Å². The summed E-state index contributed by atoms with van der Waals surface area (Å²) in [5.41, 5.74) is 4.72. The van der Waals surface area contributed by atoms with E-state index in [9.17, 15) is 9.59 Å². The van der Waals surface area contributed by atoms with Gasteiger partial charge in [-0.05, 0) is 26.2 Å². The Morgan fingerprint density at radius 3 is 2.19 bits per heavy atom. The van der Waals surface area contributed by atoms with Gasteiger partial charge in [0.2, 0.25) is 5.91 Å². The molecule has 5 nitrogen and oxygen atoms in total. The summed E-state index contributed by atoms with van der Waals surface area (Å²) in [7, 11) is 0. The van der Waals surface area contributed by atoms with E-state index in [2.05, 4.69) is 5.32 Å². The van der Waals surface area contributed by atoms with E-state index >= 15 is 0 Å². The zero-order valence-corrected chi connectivity index (χ0v) is 10.4. The van der Waals surface area contributed by atoms with Gasteiger partial charge in [-0.15, -0.1) is 0 Å². The van der Waals surface area contributed by atoms with Crippen molar-refractivity contribution >= 4 is 11.9 Å². The molecule has 0 saturated carbocycles. The van der Waals surface area contributed by atoms with Crippen LogP contribution >= 0.6 is 0 Å². The van der Waals surface area contributed by atoms with Crippen LogP contribution in [0.25, 0.3) is 0 Å². The molecule has 0 aromatic heterocycles. The SMILES string of the molecule is CC(C)C[C@H](NC(=O)C(C)(C)CN)C(=O)O. The minimum atomic E-state index is -1.00. The lowest BCUT2D eigenvalue weighted by Gasteiger charge is -2.25. The van der Waals surface area contributed by atoms with Crippen molar-refractivity contribution in [1.29, 1.82) is 0 Å². The van der Waals surface area contributed by atoms with Gasteiger partial charge in [-0.2, -0.15) is 0 Å². The molecule has 5 heteroatoms. The van der Waals surface area contributed by atoms with Gasteiger partial charge in [0.25, 0.3) is 0 Å². The van der Waals surface area contributed by atoms with E-state index in [1.54, 1.807) is 13.8 Å². The molecule has 0 unspecified atom stereocenters.